The van der Waals surface area contributed by atoms with E-state index >= 15 is 0 Å². The monoisotopic (exact) mass is 522 g/mol. The Morgan fingerprint density at radius 1 is 1.03 bits per heavy atom. The number of aliphatic hydroxyl groups excluding tert-OH is 1. The van der Waals surface area contributed by atoms with E-state index in [1.165, 1.54) is 0 Å². The second kappa shape index (κ2) is 12.9. The molecule has 0 spiro atoms. The molecule has 2 aromatic rings. The van der Waals surface area contributed by atoms with Crippen molar-refractivity contribution in [2.75, 3.05) is 52.6 Å². The van der Waals surface area contributed by atoms with Gasteiger partial charge < -0.3 is 24.2 Å². The molecule has 8 heteroatoms. The van der Waals surface area contributed by atoms with Crippen LogP contribution >= 0.6 is 0 Å². The lowest BCUT2D eigenvalue weighted by Gasteiger charge is -2.31. The molecule has 2 heterocycles. The number of likely N-dealkylation sites (tertiary alicyclic amines) is 1. The Bertz CT molecular complexity index is 1140. The highest BCUT2D eigenvalue weighted by Crippen LogP contribution is 2.40. The van der Waals surface area contributed by atoms with E-state index in [-0.39, 0.29) is 11.3 Å². The van der Waals surface area contributed by atoms with Crippen LogP contribution in [0.2, 0.25) is 0 Å². The van der Waals surface area contributed by atoms with Gasteiger partial charge in [0.15, 0.2) is 0 Å². The summed E-state index contributed by atoms with van der Waals surface area (Å²) >= 11 is 0. The Morgan fingerprint density at radius 3 is 2.45 bits per heavy atom. The molecule has 2 aliphatic rings. The standard InChI is InChI=1S/C30H38N2O6/c1-4-37-24-10-8-22(9-11-24)28(33)26-27(23-6-5-7-25(20-23)38-17-12-21(2)3)32(30(35)29(26)34)14-13-31-15-18-36-19-16-31/h5-11,20-21,27,33H,4,12-19H2,1-3H3/b28-26+. The third-order valence-corrected chi connectivity index (χ3v) is 6.88. The van der Waals surface area contributed by atoms with Crippen molar-refractivity contribution in [2.45, 2.75) is 33.2 Å². The van der Waals surface area contributed by atoms with Crippen LogP contribution < -0.4 is 9.47 Å². The fourth-order valence-corrected chi connectivity index (χ4v) is 4.75. The summed E-state index contributed by atoms with van der Waals surface area (Å²) in [5.74, 6) is 0.355. The van der Waals surface area contributed by atoms with Crippen molar-refractivity contribution in [2.24, 2.45) is 5.92 Å². The summed E-state index contributed by atoms with van der Waals surface area (Å²) in [5.41, 5.74) is 1.26. The van der Waals surface area contributed by atoms with E-state index < -0.39 is 17.7 Å². The molecule has 0 saturated carbocycles. The van der Waals surface area contributed by atoms with Gasteiger partial charge in [0.2, 0.25) is 0 Å². The van der Waals surface area contributed by atoms with E-state index in [1.54, 1.807) is 29.2 Å². The zero-order valence-corrected chi connectivity index (χ0v) is 22.5. The molecular weight excluding hydrogens is 484 g/mol. The number of ether oxygens (including phenoxy) is 3. The van der Waals surface area contributed by atoms with E-state index in [1.807, 2.05) is 31.2 Å². The molecule has 1 unspecified atom stereocenters. The lowest BCUT2D eigenvalue weighted by molar-refractivity contribution is -0.140. The molecule has 1 atom stereocenters. The molecule has 2 fully saturated rings. The predicted molar refractivity (Wildman–Crippen MR) is 145 cm³/mol. The molecule has 38 heavy (non-hydrogen) atoms. The maximum Gasteiger partial charge on any atom is 0.295 e. The van der Waals surface area contributed by atoms with Crippen molar-refractivity contribution in [3.05, 3.63) is 65.2 Å². The summed E-state index contributed by atoms with van der Waals surface area (Å²) in [6.45, 7) is 11.1. The van der Waals surface area contributed by atoms with Crippen molar-refractivity contribution in [3.8, 4) is 11.5 Å². The van der Waals surface area contributed by atoms with Gasteiger partial charge >= 0.3 is 0 Å². The molecule has 8 nitrogen and oxygen atoms in total. The van der Waals surface area contributed by atoms with Crippen LogP contribution in [0.15, 0.2) is 54.1 Å². The van der Waals surface area contributed by atoms with Crippen LogP contribution in [0.3, 0.4) is 0 Å². The third-order valence-electron chi connectivity index (χ3n) is 6.88. The van der Waals surface area contributed by atoms with Gasteiger partial charge in [-0.2, -0.15) is 0 Å². The Balaban J connectivity index is 1.69. The number of amides is 1. The first-order valence-electron chi connectivity index (χ1n) is 13.4. The fraction of sp³-hybridized carbons (Fsp3) is 0.467. The van der Waals surface area contributed by atoms with Gasteiger partial charge in [0.1, 0.15) is 17.3 Å². The van der Waals surface area contributed by atoms with E-state index in [0.717, 1.165) is 25.1 Å². The van der Waals surface area contributed by atoms with Crippen molar-refractivity contribution in [1.82, 2.24) is 9.80 Å². The molecule has 2 aliphatic heterocycles. The van der Waals surface area contributed by atoms with Gasteiger partial charge in [-0.25, -0.2) is 0 Å². The summed E-state index contributed by atoms with van der Waals surface area (Å²) in [4.78, 5) is 30.5. The second-order valence-corrected chi connectivity index (χ2v) is 10.0. The zero-order chi connectivity index (χ0) is 27.1. The fourth-order valence-electron chi connectivity index (χ4n) is 4.75. The Morgan fingerprint density at radius 2 is 1.76 bits per heavy atom. The number of hydrogen-bond donors (Lipinski definition) is 1. The number of nitrogens with zero attached hydrogens (tertiary/aromatic N) is 2. The van der Waals surface area contributed by atoms with Crippen LogP contribution in [0.1, 0.15) is 44.4 Å². The van der Waals surface area contributed by atoms with Crippen LogP contribution in [-0.4, -0.2) is 79.2 Å². The van der Waals surface area contributed by atoms with Gasteiger partial charge in [0.05, 0.1) is 38.0 Å². The number of hydrogen-bond acceptors (Lipinski definition) is 7. The highest BCUT2D eigenvalue weighted by Gasteiger charge is 2.46. The number of Topliss-reactive ketones (excluding diaryl/α,β-unsaturated/α-hetero) is 1. The Kier molecular flexibility index (Phi) is 9.42. The topological polar surface area (TPSA) is 88.5 Å². The van der Waals surface area contributed by atoms with E-state index in [4.69, 9.17) is 14.2 Å². The van der Waals surface area contributed by atoms with Gasteiger partial charge in [0.25, 0.3) is 11.7 Å². The minimum atomic E-state index is -0.726. The number of morpholine rings is 1. The first kappa shape index (κ1) is 27.7. The van der Waals surface area contributed by atoms with E-state index in [9.17, 15) is 14.7 Å². The van der Waals surface area contributed by atoms with Crippen molar-refractivity contribution < 1.29 is 28.9 Å². The number of ketones is 1. The number of rotatable bonds is 11. The first-order chi connectivity index (χ1) is 18.4. The van der Waals surface area contributed by atoms with Gasteiger partial charge in [-0.15, -0.1) is 0 Å². The molecule has 204 valence electrons. The second-order valence-electron chi connectivity index (χ2n) is 10.0. The molecule has 0 aliphatic carbocycles. The number of carbonyl (C=O) groups is 2. The average molecular weight is 523 g/mol. The molecule has 1 N–H and O–H groups in total. The molecule has 2 saturated heterocycles. The number of carbonyl (C=O) groups excluding carboxylic acids is 2. The summed E-state index contributed by atoms with van der Waals surface area (Å²) in [7, 11) is 0. The van der Waals surface area contributed by atoms with E-state index in [0.29, 0.717) is 62.5 Å². The third kappa shape index (κ3) is 6.55. The highest BCUT2D eigenvalue weighted by atomic mass is 16.5. The number of aliphatic hydroxyl groups is 1. The van der Waals surface area contributed by atoms with Crippen molar-refractivity contribution in [1.29, 1.82) is 0 Å². The van der Waals surface area contributed by atoms with Gasteiger partial charge in [-0.3, -0.25) is 14.5 Å². The molecule has 2 aromatic carbocycles. The van der Waals surface area contributed by atoms with Crippen LogP contribution in [0.5, 0.6) is 11.5 Å². The van der Waals surface area contributed by atoms with Crippen LogP contribution in [0.4, 0.5) is 0 Å². The SMILES string of the molecule is CCOc1ccc(/C(O)=C2\C(=O)C(=O)N(CCN3CCOCC3)C2c2cccc(OCCC(C)C)c2)cc1. The Labute approximate surface area is 224 Å². The largest absolute Gasteiger partial charge is 0.507 e. The molecule has 0 bridgehead atoms. The molecular formula is C30H38N2O6. The number of benzene rings is 2. The lowest BCUT2D eigenvalue weighted by atomic mass is 9.95. The summed E-state index contributed by atoms with van der Waals surface area (Å²) in [6.07, 6.45) is 0.917. The van der Waals surface area contributed by atoms with Crippen molar-refractivity contribution in [3.63, 3.8) is 0 Å². The maximum absolute atomic E-state index is 13.4. The molecule has 0 radical (unpaired) electrons. The van der Waals surface area contributed by atoms with Gasteiger partial charge in [-0.1, -0.05) is 26.0 Å². The summed E-state index contributed by atoms with van der Waals surface area (Å²) in [5, 5.41) is 11.3. The summed E-state index contributed by atoms with van der Waals surface area (Å²) in [6, 6.07) is 13.6. The molecule has 1 amide bonds. The van der Waals surface area contributed by atoms with Crippen molar-refractivity contribution >= 4 is 17.4 Å². The smallest absolute Gasteiger partial charge is 0.295 e. The minimum absolute atomic E-state index is 0.0838. The lowest BCUT2D eigenvalue weighted by Crippen LogP contribution is -2.42. The summed E-state index contributed by atoms with van der Waals surface area (Å²) < 4.78 is 16.9. The predicted octanol–water partition coefficient (Wildman–Crippen LogP) is 4.26. The zero-order valence-electron chi connectivity index (χ0n) is 22.5. The van der Waals surface area contributed by atoms with Crippen LogP contribution in [-0.2, 0) is 14.3 Å². The quantitative estimate of drug-likeness (QED) is 0.268. The molecule has 4 rings (SSSR count). The maximum atomic E-state index is 13.4. The Hall–Kier alpha value is -3.36. The van der Waals surface area contributed by atoms with Gasteiger partial charge in [-0.05, 0) is 61.2 Å². The average Bonchev–Trinajstić information content (AvgIpc) is 3.17. The van der Waals surface area contributed by atoms with Gasteiger partial charge in [0, 0.05) is 31.7 Å². The van der Waals surface area contributed by atoms with Crippen LogP contribution in [0.25, 0.3) is 5.76 Å². The molecule has 0 aromatic heterocycles. The first-order valence-corrected chi connectivity index (χ1v) is 13.4. The van der Waals surface area contributed by atoms with Crippen LogP contribution in [0, 0.1) is 5.92 Å². The highest BCUT2D eigenvalue weighted by molar-refractivity contribution is 6.46. The minimum Gasteiger partial charge on any atom is -0.507 e. The van der Waals surface area contributed by atoms with E-state index in [2.05, 4.69) is 18.7 Å². The normalized spacial score (nSPS) is 19.8.